The van der Waals surface area contributed by atoms with Crippen LogP contribution in [-0.4, -0.2) is 31.9 Å². The van der Waals surface area contributed by atoms with Gasteiger partial charge in [-0.25, -0.2) is 5.01 Å². The Kier molecular flexibility index (Phi) is 5.47. The van der Waals surface area contributed by atoms with E-state index in [1.54, 1.807) is 36.2 Å². The maximum Gasteiger partial charge on any atom is 0.223 e. The fraction of sp³-hybridized carbons (Fsp3) is 0.235. The third-order valence-corrected chi connectivity index (χ3v) is 4.00. The van der Waals surface area contributed by atoms with Crippen molar-refractivity contribution in [3.05, 3.63) is 47.3 Å². The minimum Gasteiger partial charge on any atom is -0.383 e. The molecule has 2 heterocycles. The molecule has 1 aromatic rings. The van der Waals surface area contributed by atoms with Crippen molar-refractivity contribution in [3.63, 3.8) is 0 Å². The monoisotopic (exact) mass is 359 g/mol. The topological polar surface area (TPSA) is 95.0 Å². The van der Waals surface area contributed by atoms with Gasteiger partial charge in [-0.3, -0.25) is 4.79 Å². The molecule has 2 aliphatic rings. The SMILES string of the molecule is CC(=O)N(C)c1ccc(N2N=C3COCC=C3C(C#N)=C2N)cc1.Cl. The number of benzene rings is 1. The number of fused-ring (bicyclic) bond motifs is 1. The minimum absolute atomic E-state index is 0. The molecule has 2 N–H and O–H groups in total. The average Bonchev–Trinajstić information content (AvgIpc) is 2.60. The molecule has 0 saturated heterocycles. The van der Waals surface area contributed by atoms with Gasteiger partial charge >= 0.3 is 0 Å². The number of allylic oxidation sites excluding steroid dienone is 1. The molecule has 25 heavy (non-hydrogen) atoms. The Hall–Kier alpha value is -2.82. The summed E-state index contributed by atoms with van der Waals surface area (Å²) in [5.74, 6) is 0.225. The van der Waals surface area contributed by atoms with Gasteiger partial charge in [-0.1, -0.05) is 0 Å². The number of hydrogen-bond acceptors (Lipinski definition) is 6. The number of nitrogens with two attached hydrogens (primary N) is 1. The molecule has 0 atom stereocenters. The Bertz CT molecular complexity index is 820. The standard InChI is InChI=1S/C17H17N5O2.ClH/c1-11(23)21(2)12-3-5-13(6-4-12)22-17(19)15(9-18)14-7-8-24-10-16(14)20-22;/h3-7H,8,10,19H2,1-2H3;1H. The summed E-state index contributed by atoms with van der Waals surface area (Å²) in [6.45, 7) is 2.28. The summed E-state index contributed by atoms with van der Waals surface area (Å²) in [6, 6.07) is 9.37. The van der Waals surface area contributed by atoms with E-state index < -0.39 is 0 Å². The highest BCUT2D eigenvalue weighted by atomic mass is 35.5. The van der Waals surface area contributed by atoms with Gasteiger partial charge in [0.15, 0.2) is 0 Å². The number of nitriles is 1. The van der Waals surface area contributed by atoms with Crippen LogP contribution in [0.3, 0.4) is 0 Å². The number of carbonyl (C=O) groups is 1. The summed E-state index contributed by atoms with van der Waals surface area (Å²) in [5, 5.41) is 15.5. The molecule has 1 aromatic carbocycles. The van der Waals surface area contributed by atoms with Gasteiger partial charge in [0.2, 0.25) is 5.91 Å². The zero-order chi connectivity index (χ0) is 17.3. The lowest BCUT2D eigenvalue weighted by molar-refractivity contribution is -0.116. The zero-order valence-electron chi connectivity index (χ0n) is 13.9. The number of carbonyl (C=O) groups excluding carboxylic acids is 1. The zero-order valence-corrected chi connectivity index (χ0v) is 14.7. The summed E-state index contributed by atoms with van der Waals surface area (Å²) >= 11 is 0. The first-order valence-corrected chi connectivity index (χ1v) is 7.43. The van der Waals surface area contributed by atoms with Gasteiger partial charge in [-0.15, -0.1) is 12.4 Å². The van der Waals surface area contributed by atoms with Crippen LogP contribution < -0.4 is 15.6 Å². The Morgan fingerprint density at radius 3 is 2.68 bits per heavy atom. The van der Waals surface area contributed by atoms with Crippen LogP contribution in [0.2, 0.25) is 0 Å². The van der Waals surface area contributed by atoms with Gasteiger partial charge in [0.05, 0.1) is 24.6 Å². The molecule has 0 fully saturated rings. The minimum atomic E-state index is -0.0544. The number of anilines is 2. The first kappa shape index (κ1) is 18.5. The summed E-state index contributed by atoms with van der Waals surface area (Å²) < 4.78 is 5.38. The van der Waals surface area contributed by atoms with Crippen LogP contribution in [0.4, 0.5) is 11.4 Å². The van der Waals surface area contributed by atoms with Crippen molar-refractivity contribution in [2.75, 3.05) is 30.2 Å². The van der Waals surface area contributed by atoms with Crippen LogP contribution in [0, 0.1) is 11.3 Å². The molecule has 7 nitrogen and oxygen atoms in total. The molecular weight excluding hydrogens is 342 g/mol. The van der Waals surface area contributed by atoms with E-state index in [0.717, 1.165) is 11.3 Å². The smallest absolute Gasteiger partial charge is 0.223 e. The van der Waals surface area contributed by atoms with E-state index in [0.29, 0.717) is 30.2 Å². The van der Waals surface area contributed by atoms with Crippen molar-refractivity contribution in [1.29, 1.82) is 5.26 Å². The van der Waals surface area contributed by atoms with E-state index in [9.17, 15) is 10.1 Å². The van der Waals surface area contributed by atoms with Crippen molar-refractivity contribution in [3.8, 4) is 6.07 Å². The molecule has 8 heteroatoms. The number of hydrogen-bond donors (Lipinski definition) is 1. The molecular formula is C17H18ClN5O2. The normalized spacial score (nSPS) is 16.1. The van der Waals surface area contributed by atoms with Crippen molar-refractivity contribution in [1.82, 2.24) is 0 Å². The van der Waals surface area contributed by atoms with E-state index in [2.05, 4.69) is 11.2 Å². The van der Waals surface area contributed by atoms with Gasteiger partial charge in [-0.05, 0) is 30.3 Å². The second-order valence-corrected chi connectivity index (χ2v) is 5.46. The average molecular weight is 360 g/mol. The van der Waals surface area contributed by atoms with Crippen molar-refractivity contribution in [2.45, 2.75) is 6.92 Å². The van der Waals surface area contributed by atoms with Crippen LogP contribution in [0.25, 0.3) is 0 Å². The quantitative estimate of drug-likeness (QED) is 0.870. The Morgan fingerprint density at radius 1 is 1.40 bits per heavy atom. The number of rotatable bonds is 2. The van der Waals surface area contributed by atoms with Gasteiger partial charge < -0.3 is 15.4 Å². The van der Waals surface area contributed by atoms with E-state index in [1.807, 2.05) is 6.08 Å². The molecule has 2 aliphatic heterocycles. The Balaban J connectivity index is 0.00000225. The highest BCUT2D eigenvalue weighted by Gasteiger charge is 2.27. The van der Waals surface area contributed by atoms with E-state index in [1.165, 1.54) is 11.9 Å². The molecule has 0 bridgehead atoms. The van der Waals surface area contributed by atoms with Crippen LogP contribution in [0.15, 0.2) is 52.4 Å². The van der Waals surface area contributed by atoms with Crippen LogP contribution >= 0.6 is 12.4 Å². The van der Waals surface area contributed by atoms with E-state index in [-0.39, 0.29) is 24.1 Å². The number of halogens is 1. The van der Waals surface area contributed by atoms with E-state index >= 15 is 0 Å². The highest BCUT2D eigenvalue weighted by molar-refractivity contribution is 6.08. The maximum atomic E-state index is 11.4. The largest absolute Gasteiger partial charge is 0.383 e. The van der Waals surface area contributed by atoms with Crippen molar-refractivity contribution in [2.24, 2.45) is 10.8 Å². The fourth-order valence-electron chi connectivity index (χ4n) is 2.55. The van der Waals surface area contributed by atoms with Crippen molar-refractivity contribution < 1.29 is 9.53 Å². The first-order chi connectivity index (χ1) is 11.5. The highest BCUT2D eigenvalue weighted by Crippen LogP contribution is 2.30. The molecule has 3 rings (SSSR count). The van der Waals surface area contributed by atoms with Gasteiger partial charge in [0, 0.05) is 25.2 Å². The number of nitrogens with zero attached hydrogens (tertiary/aromatic N) is 4. The summed E-state index contributed by atoms with van der Waals surface area (Å²) in [5.41, 5.74) is 9.43. The first-order valence-electron chi connectivity index (χ1n) is 7.43. The Morgan fingerprint density at radius 2 is 2.08 bits per heavy atom. The van der Waals surface area contributed by atoms with Crippen molar-refractivity contribution >= 4 is 35.4 Å². The summed E-state index contributed by atoms with van der Waals surface area (Å²) in [4.78, 5) is 13.0. The van der Waals surface area contributed by atoms with Gasteiger partial charge in [-0.2, -0.15) is 10.4 Å². The molecule has 0 unspecified atom stereocenters. The molecule has 0 radical (unpaired) electrons. The molecule has 0 aliphatic carbocycles. The van der Waals surface area contributed by atoms with Crippen LogP contribution in [0.5, 0.6) is 0 Å². The lowest BCUT2D eigenvalue weighted by atomic mass is 9.99. The lowest BCUT2D eigenvalue weighted by Gasteiger charge is -2.29. The predicted octanol–water partition coefficient (Wildman–Crippen LogP) is 1.92. The van der Waals surface area contributed by atoms with Gasteiger partial charge in [0.25, 0.3) is 0 Å². The lowest BCUT2D eigenvalue weighted by Crippen LogP contribution is -2.34. The molecule has 130 valence electrons. The second-order valence-electron chi connectivity index (χ2n) is 5.46. The molecule has 0 saturated carbocycles. The number of hydrazone groups is 1. The molecule has 1 amide bonds. The third kappa shape index (κ3) is 3.36. The van der Waals surface area contributed by atoms with Gasteiger partial charge in [0.1, 0.15) is 17.5 Å². The predicted molar refractivity (Wildman–Crippen MR) is 98.4 cm³/mol. The number of amides is 1. The van der Waals surface area contributed by atoms with Crippen LogP contribution in [0.1, 0.15) is 6.92 Å². The van der Waals surface area contributed by atoms with E-state index in [4.69, 9.17) is 10.5 Å². The summed E-state index contributed by atoms with van der Waals surface area (Å²) in [6.07, 6.45) is 1.82. The summed E-state index contributed by atoms with van der Waals surface area (Å²) in [7, 11) is 1.71. The maximum absolute atomic E-state index is 11.4. The number of ether oxygens (including phenoxy) is 1. The van der Waals surface area contributed by atoms with Crippen LogP contribution in [-0.2, 0) is 9.53 Å². The molecule has 0 aromatic heterocycles. The third-order valence-electron chi connectivity index (χ3n) is 4.00. The second kappa shape index (κ2) is 7.38. The Labute approximate surface area is 152 Å². The molecule has 0 spiro atoms. The fourth-order valence-corrected chi connectivity index (χ4v) is 2.55.